The Hall–Kier alpha value is -4.95. The van der Waals surface area contributed by atoms with Crippen LogP contribution in [0.25, 0.3) is 44.5 Å². The third-order valence-electron chi connectivity index (χ3n) is 7.96. The highest BCUT2D eigenvalue weighted by molar-refractivity contribution is 6.46. The van der Waals surface area contributed by atoms with Gasteiger partial charge in [-0.3, -0.25) is 0 Å². The Morgan fingerprint density at radius 3 is 0.957 bits per heavy atom. The average Bonchev–Trinajstić information content (AvgIpc) is 3.13. The van der Waals surface area contributed by atoms with Gasteiger partial charge in [0.25, 0.3) is 0 Å². The molecule has 5 heteroatoms. The second-order valence-corrected chi connectivity index (χ2v) is 12.9. The molecule has 228 valence electrons. The van der Waals surface area contributed by atoms with Crippen molar-refractivity contribution in [1.82, 2.24) is 0 Å². The number of methoxy groups -OCH3 is 2. The highest BCUT2D eigenvalue weighted by atomic mass is 27.2. The van der Waals surface area contributed by atoms with Gasteiger partial charge in [-0.25, -0.2) is 0 Å². The molecule has 0 aromatic heterocycles. The van der Waals surface area contributed by atoms with Gasteiger partial charge in [0.1, 0.15) is 11.5 Å². The van der Waals surface area contributed by atoms with Crippen LogP contribution in [0.5, 0.6) is 23.0 Å². The normalized spacial score (nSPS) is 10.7. The van der Waals surface area contributed by atoms with E-state index in [0.29, 0.717) is 0 Å². The highest BCUT2D eigenvalue weighted by Gasteiger charge is 2.35. The minimum atomic E-state index is -2.42. The first-order valence-electron chi connectivity index (χ1n) is 15.7. The van der Waals surface area contributed by atoms with Crippen LogP contribution in [0.3, 0.4) is 0 Å². The molecule has 6 aromatic carbocycles. The summed E-state index contributed by atoms with van der Waals surface area (Å²) in [6.07, 6.45) is 0.922. The van der Waals surface area contributed by atoms with E-state index in [1.807, 2.05) is 72.8 Å². The van der Waals surface area contributed by atoms with Crippen molar-refractivity contribution in [3.05, 3.63) is 146 Å². The summed E-state index contributed by atoms with van der Waals surface area (Å²) in [5.41, 5.74) is 8.09. The van der Waals surface area contributed by atoms with Crippen LogP contribution in [-0.2, 0) is 0 Å². The Morgan fingerprint density at radius 2 is 0.717 bits per heavy atom. The van der Waals surface area contributed by atoms with Gasteiger partial charge in [-0.2, -0.15) is 0 Å². The number of hydrogen-bond donors (Lipinski definition) is 0. The van der Waals surface area contributed by atoms with Crippen molar-refractivity contribution in [3.63, 3.8) is 0 Å². The summed E-state index contributed by atoms with van der Waals surface area (Å²) in [5, 5.41) is 0.809. The molecule has 0 amide bonds. The van der Waals surface area contributed by atoms with Crippen LogP contribution >= 0.6 is 0 Å². The summed E-state index contributed by atoms with van der Waals surface area (Å²) in [6.45, 7) is 2.18. The standard InChI is InChI=1S/2C19H16O2.C3H7.Al/c2*1-21-16-12-17(14-8-4-2-5-9-14)19(20)18(13-16)15-10-6-3-7-11-15;1-3-2;/h2*2-13,20H,1H3;1,3H2,2H3;/q;;;+2/p-2. The molecule has 0 radical (unpaired) electrons. The van der Waals surface area contributed by atoms with Crippen LogP contribution < -0.4 is 17.1 Å². The van der Waals surface area contributed by atoms with Crippen molar-refractivity contribution in [2.75, 3.05) is 14.2 Å². The third-order valence-corrected chi connectivity index (χ3v) is 10.0. The summed E-state index contributed by atoms with van der Waals surface area (Å²) in [6, 6.07) is 49.6. The molecule has 0 bridgehead atoms. The van der Waals surface area contributed by atoms with Crippen molar-refractivity contribution < 1.29 is 17.1 Å². The van der Waals surface area contributed by atoms with E-state index in [0.717, 1.165) is 79.2 Å². The molecular weight excluding hydrogens is 583 g/mol. The zero-order chi connectivity index (χ0) is 31.7. The Labute approximate surface area is 276 Å². The predicted molar refractivity (Wildman–Crippen MR) is 190 cm³/mol. The van der Waals surface area contributed by atoms with Crippen molar-refractivity contribution in [2.24, 2.45) is 0 Å². The van der Waals surface area contributed by atoms with Crippen molar-refractivity contribution >= 4 is 14.8 Å². The minimum absolute atomic E-state index is 0.771. The maximum Gasteiger partial charge on any atom is 0.856 e. The van der Waals surface area contributed by atoms with E-state index in [9.17, 15) is 0 Å². The molecule has 0 fully saturated rings. The lowest BCUT2D eigenvalue weighted by atomic mass is 9.97. The van der Waals surface area contributed by atoms with Gasteiger partial charge in [-0.1, -0.05) is 135 Å². The first-order chi connectivity index (χ1) is 22.7. The lowest BCUT2D eigenvalue weighted by molar-refractivity contribution is 0.407. The van der Waals surface area contributed by atoms with Crippen LogP contribution in [0.4, 0.5) is 0 Å². The molecule has 0 saturated heterocycles. The number of ether oxygens (including phenoxy) is 2. The van der Waals surface area contributed by atoms with Gasteiger partial charge in [0.2, 0.25) is 0 Å². The molecule has 0 atom stereocenters. The van der Waals surface area contributed by atoms with E-state index >= 15 is 0 Å². The maximum absolute atomic E-state index is 7.20. The van der Waals surface area contributed by atoms with E-state index < -0.39 is 14.8 Å². The molecule has 4 nitrogen and oxygen atoms in total. The fourth-order valence-electron chi connectivity index (χ4n) is 5.66. The van der Waals surface area contributed by atoms with Crippen molar-refractivity contribution in [2.45, 2.75) is 18.6 Å². The number of hydrogen-bond acceptors (Lipinski definition) is 4. The van der Waals surface area contributed by atoms with E-state index in [2.05, 4.69) is 79.7 Å². The molecule has 0 heterocycles. The largest absolute Gasteiger partial charge is 0.856 e. The quantitative estimate of drug-likeness (QED) is 0.128. The summed E-state index contributed by atoms with van der Waals surface area (Å²) < 4.78 is 26.0. The molecule has 46 heavy (non-hydrogen) atoms. The zero-order valence-corrected chi connectivity index (χ0v) is 27.6. The molecule has 0 aliphatic carbocycles. The Balaban J connectivity index is 1.53. The van der Waals surface area contributed by atoms with Crippen LogP contribution in [0.1, 0.15) is 13.3 Å². The van der Waals surface area contributed by atoms with E-state index in [1.165, 1.54) is 0 Å². The van der Waals surface area contributed by atoms with Crippen molar-refractivity contribution in [3.8, 4) is 67.5 Å². The van der Waals surface area contributed by atoms with Crippen LogP contribution in [0, 0.1) is 0 Å². The summed E-state index contributed by atoms with van der Waals surface area (Å²) in [4.78, 5) is 0. The average molecular weight is 621 g/mol. The van der Waals surface area contributed by atoms with Gasteiger partial charge in [-0.05, 0) is 51.8 Å². The third kappa shape index (κ3) is 6.97. The Morgan fingerprint density at radius 1 is 0.435 bits per heavy atom. The SMILES string of the molecule is CC[CH2][Al]([O]c1c(-c2ccccc2)cc(OC)cc1-c1ccccc1)[O]c1c(-c2ccccc2)cc(OC)cc1-c1ccccc1. The van der Waals surface area contributed by atoms with Crippen LogP contribution in [-0.4, -0.2) is 29.0 Å². The molecule has 0 unspecified atom stereocenters. The Kier molecular flexibility index (Phi) is 10.1. The monoisotopic (exact) mass is 620 g/mol. The summed E-state index contributed by atoms with van der Waals surface area (Å²) in [5.74, 6) is 3.15. The van der Waals surface area contributed by atoms with Gasteiger partial charge in [-0.15, -0.1) is 0 Å². The van der Waals surface area contributed by atoms with Crippen LogP contribution in [0.15, 0.2) is 146 Å². The number of rotatable bonds is 12. The topological polar surface area (TPSA) is 36.9 Å². The molecule has 0 aliphatic rings. The fraction of sp³-hybridized carbons (Fsp3) is 0.122. The van der Waals surface area contributed by atoms with E-state index in [-0.39, 0.29) is 0 Å². The lowest BCUT2D eigenvalue weighted by Gasteiger charge is -2.25. The van der Waals surface area contributed by atoms with Gasteiger partial charge in [0.15, 0.2) is 0 Å². The second-order valence-electron chi connectivity index (χ2n) is 11.0. The molecule has 0 aliphatic heterocycles. The van der Waals surface area contributed by atoms with E-state index in [1.54, 1.807) is 14.2 Å². The highest BCUT2D eigenvalue weighted by Crippen LogP contribution is 2.45. The minimum Gasteiger partial charge on any atom is -0.611 e. The molecule has 0 N–H and O–H groups in total. The number of benzene rings is 6. The molecule has 6 aromatic rings. The lowest BCUT2D eigenvalue weighted by Crippen LogP contribution is -2.30. The van der Waals surface area contributed by atoms with E-state index in [4.69, 9.17) is 17.1 Å². The first-order valence-corrected chi connectivity index (χ1v) is 17.4. The smallest absolute Gasteiger partial charge is 0.611 e. The molecule has 0 saturated carbocycles. The predicted octanol–water partition coefficient (Wildman–Crippen LogP) is 10.7. The maximum atomic E-state index is 7.20. The summed E-state index contributed by atoms with van der Waals surface area (Å²) >= 11 is -2.42. The molecule has 6 rings (SSSR count). The van der Waals surface area contributed by atoms with Gasteiger partial charge >= 0.3 is 14.8 Å². The van der Waals surface area contributed by atoms with Crippen molar-refractivity contribution in [1.29, 1.82) is 0 Å². The van der Waals surface area contributed by atoms with Gasteiger partial charge in [0, 0.05) is 22.3 Å². The van der Waals surface area contributed by atoms with Gasteiger partial charge in [0.05, 0.1) is 25.7 Å². The van der Waals surface area contributed by atoms with Gasteiger partial charge < -0.3 is 17.1 Å². The Bertz CT molecular complexity index is 1600. The first kappa shape index (κ1) is 31.1. The zero-order valence-electron chi connectivity index (χ0n) is 26.5. The van der Waals surface area contributed by atoms with Crippen LogP contribution in [0.2, 0.25) is 5.28 Å². The fourth-order valence-corrected chi connectivity index (χ4v) is 7.45. The second kappa shape index (κ2) is 14.9. The molecular formula is C41H37AlO4. The molecule has 0 spiro atoms. The summed E-state index contributed by atoms with van der Waals surface area (Å²) in [7, 11) is 3.41.